The van der Waals surface area contributed by atoms with E-state index in [2.05, 4.69) is 27.3 Å². The number of carbonyl (C=O) groups is 1. The maximum Gasteiger partial charge on any atom is 0.269 e. The lowest BCUT2D eigenvalue weighted by atomic mass is 10.2. The highest BCUT2D eigenvalue weighted by atomic mass is 32.2. The van der Waals surface area contributed by atoms with Crippen LogP contribution >= 0.6 is 11.8 Å². The maximum absolute atomic E-state index is 12.4. The van der Waals surface area contributed by atoms with Crippen LogP contribution in [0.25, 0.3) is 11.4 Å². The Balaban J connectivity index is 1.31. The maximum atomic E-state index is 12.4. The molecule has 0 radical (unpaired) electrons. The molecule has 11 heteroatoms. The Morgan fingerprint density at radius 3 is 2.49 bits per heavy atom. The van der Waals surface area contributed by atoms with E-state index >= 15 is 0 Å². The van der Waals surface area contributed by atoms with Gasteiger partial charge in [0.25, 0.3) is 11.6 Å². The Morgan fingerprint density at radius 2 is 1.82 bits per heavy atom. The number of benzene rings is 3. The Labute approximate surface area is 229 Å². The number of nitro benzene ring substituents is 1. The number of non-ortho nitro benzene ring substituents is 1. The van der Waals surface area contributed by atoms with Gasteiger partial charge in [-0.05, 0) is 54.4 Å². The fourth-order valence-corrected chi connectivity index (χ4v) is 4.22. The van der Waals surface area contributed by atoms with Crippen molar-refractivity contribution in [1.82, 2.24) is 20.2 Å². The molecule has 4 rings (SSSR count). The van der Waals surface area contributed by atoms with Gasteiger partial charge in [0.05, 0.1) is 16.9 Å². The molecule has 0 bridgehead atoms. The molecule has 1 amide bonds. The molecule has 0 saturated carbocycles. The van der Waals surface area contributed by atoms with Gasteiger partial charge in [-0.1, -0.05) is 54.2 Å². The molecule has 1 heterocycles. The highest BCUT2D eigenvalue weighted by Crippen LogP contribution is 2.26. The molecule has 0 fully saturated rings. The third kappa shape index (κ3) is 7.86. The van der Waals surface area contributed by atoms with Gasteiger partial charge in [0.15, 0.2) is 11.0 Å². The molecule has 39 heavy (non-hydrogen) atoms. The zero-order chi connectivity index (χ0) is 27.6. The number of thioether (sulfide) groups is 1. The minimum absolute atomic E-state index is 0.0103. The van der Waals surface area contributed by atoms with Crippen molar-refractivity contribution < 1.29 is 14.5 Å². The van der Waals surface area contributed by atoms with Gasteiger partial charge in [0, 0.05) is 24.2 Å². The van der Waals surface area contributed by atoms with Gasteiger partial charge in [0.1, 0.15) is 12.4 Å². The highest BCUT2D eigenvalue weighted by Gasteiger charge is 2.17. The standard InChI is InChI=1S/C28H26N6O4S/c1-20(2)17-33-27(23-10-12-24(13-11-23)34(36)37)31-32-28(33)39-19-26(35)30-29-16-21-8-14-25(15-9-21)38-18-22-6-4-3-5-7-22/h3-16H,1,17-19H2,2H3,(H,30,35)/b29-16-. The molecule has 198 valence electrons. The molecule has 0 aliphatic carbocycles. The molecule has 0 spiro atoms. The molecule has 0 saturated heterocycles. The SMILES string of the molecule is C=C(C)Cn1c(SCC(=O)N/N=C\c2ccc(OCc3ccccc3)cc2)nnc1-c1ccc([N+](=O)[O-])cc1. The lowest BCUT2D eigenvalue weighted by molar-refractivity contribution is -0.384. The van der Waals surface area contributed by atoms with E-state index in [0.29, 0.717) is 29.7 Å². The number of hydrazone groups is 1. The van der Waals surface area contributed by atoms with Gasteiger partial charge < -0.3 is 4.74 Å². The number of amides is 1. The van der Waals surface area contributed by atoms with Gasteiger partial charge in [-0.15, -0.1) is 10.2 Å². The number of aromatic nitrogens is 3. The third-order valence-corrected chi connectivity index (χ3v) is 6.31. The normalized spacial score (nSPS) is 10.9. The van der Waals surface area contributed by atoms with Crippen LogP contribution in [0.5, 0.6) is 5.75 Å². The molecular formula is C28H26N6O4S. The summed E-state index contributed by atoms with van der Waals surface area (Å²) in [6.07, 6.45) is 1.56. The van der Waals surface area contributed by atoms with Crippen molar-refractivity contribution in [2.45, 2.75) is 25.2 Å². The molecule has 10 nitrogen and oxygen atoms in total. The summed E-state index contributed by atoms with van der Waals surface area (Å²) in [6, 6.07) is 23.4. The second-order valence-electron chi connectivity index (χ2n) is 8.58. The van der Waals surface area contributed by atoms with Gasteiger partial charge >= 0.3 is 0 Å². The van der Waals surface area contributed by atoms with Crippen LogP contribution in [0.2, 0.25) is 0 Å². The smallest absolute Gasteiger partial charge is 0.269 e. The Morgan fingerprint density at radius 1 is 1.10 bits per heavy atom. The average Bonchev–Trinajstić information content (AvgIpc) is 3.33. The number of nitrogens with zero attached hydrogens (tertiary/aromatic N) is 5. The minimum atomic E-state index is -0.457. The van der Waals surface area contributed by atoms with E-state index in [9.17, 15) is 14.9 Å². The van der Waals surface area contributed by atoms with Crippen LogP contribution in [0, 0.1) is 10.1 Å². The van der Waals surface area contributed by atoms with Crippen molar-refractivity contribution in [3.8, 4) is 17.1 Å². The number of carbonyl (C=O) groups excluding carboxylic acids is 1. The fraction of sp³-hybridized carbons (Fsp3) is 0.143. The molecule has 0 unspecified atom stereocenters. The van der Waals surface area contributed by atoms with Gasteiger partial charge in [-0.3, -0.25) is 19.5 Å². The summed E-state index contributed by atoms with van der Waals surface area (Å²) in [6.45, 7) is 6.75. The van der Waals surface area contributed by atoms with Crippen molar-refractivity contribution in [3.63, 3.8) is 0 Å². The van der Waals surface area contributed by atoms with E-state index in [1.165, 1.54) is 23.9 Å². The number of allylic oxidation sites excluding steroid dienone is 1. The van der Waals surface area contributed by atoms with Crippen LogP contribution in [-0.2, 0) is 17.9 Å². The molecule has 1 aromatic heterocycles. The van der Waals surface area contributed by atoms with Crippen LogP contribution in [-0.4, -0.2) is 37.6 Å². The number of rotatable bonds is 12. The van der Waals surface area contributed by atoms with E-state index in [-0.39, 0.29) is 17.3 Å². The predicted molar refractivity (Wildman–Crippen MR) is 151 cm³/mol. The number of hydrogen-bond donors (Lipinski definition) is 1. The van der Waals surface area contributed by atoms with Crippen LogP contribution in [0.4, 0.5) is 5.69 Å². The van der Waals surface area contributed by atoms with Crippen LogP contribution < -0.4 is 10.2 Å². The average molecular weight is 543 g/mol. The molecule has 0 atom stereocenters. The first-order valence-corrected chi connectivity index (χ1v) is 12.9. The largest absolute Gasteiger partial charge is 0.489 e. The monoisotopic (exact) mass is 542 g/mol. The van der Waals surface area contributed by atoms with Crippen LogP contribution in [0.1, 0.15) is 18.1 Å². The Hall–Kier alpha value is -4.77. The summed E-state index contributed by atoms with van der Waals surface area (Å²) in [5, 5.41) is 24.0. The zero-order valence-corrected chi connectivity index (χ0v) is 22.0. The topological polar surface area (TPSA) is 125 Å². The Kier molecular flexibility index (Phi) is 9.20. The summed E-state index contributed by atoms with van der Waals surface area (Å²) in [5.74, 6) is 1.03. The lowest BCUT2D eigenvalue weighted by Crippen LogP contribution is -2.20. The van der Waals surface area contributed by atoms with Crippen molar-refractivity contribution in [2.24, 2.45) is 5.10 Å². The van der Waals surface area contributed by atoms with Crippen molar-refractivity contribution in [2.75, 3.05) is 5.75 Å². The molecule has 0 aliphatic heterocycles. The van der Waals surface area contributed by atoms with E-state index in [1.807, 2.05) is 66.1 Å². The van der Waals surface area contributed by atoms with Crippen molar-refractivity contribution in [1.29, 1.82) is 0 Å². The minimum Gasteiger partial charge on any atom is -0.489 e. The van der Waals surface area contributed by atoms with Crippen molar-refractivity contribution >= 4 is 29.6 Å². The highest BCUT2D eigenvalue weighted by molar-refractivity contribution is 7.99. The van der Waals surface area contributed by atoms with E-state index < -0.39 is 4.92 Å². The van der Waals surface area contributed by atoms with Gasteiger partial charge in [-0.2, -0.15) is 5.10 Å². The third-order valence-electron chi connectivity index (χ3n) is 5.34. The summed E-state index contributed by atoms with van der Waals surface area (Å²) >= 11 is 1.21. The first kappa shape index (κ1) is 27.3. The van der Waals surface area contributed by atoms with Crippen LogP contribution in [0.15, 0.2) is 101 Å². The van der Waals surface area contributed by atoms with Gasteiger partial charge in [-0.25, -0.2) is 5.43 Å². The number of ether oxygens (including phenoxy) is 1. The first-order valence-electron chi connectivity index (χ1n) is 11.9. The summed E-state index contributed by atoms with van der Waals surface area (Å²) in [7, 11) is 0. The number of nitro groups is 1. The van der Waals surface area contributed by atoms with E-state index in [1.54, 1.807) is 18.3 Å². The molecule has 3 aromatic carbocycles. The summed E-state index contributed by atoms with van der Waals surface area (Å²) in [5.41, 5.74) is 5.94. The molecule has 0 aliphatic rings. The zero-order valence-electron chi connectivity index (χ0n) is 21.2. The second kappa shape index (κ2) is 13.2. The van der Waals surface area contributed by atoms with Crippen LogP contribution in [0.3, 0.4) is 0 Å². The molecule has 1 N–H and O–H groups in total. The molecular weight excluding hydrogens is 516 g/mol. The van der Waals surface area contributed by atoms with Crippen molar-refractivity contribution in [3.05, 3.63) is 112 Å². The number of hydrogen-bond acceptors (Lipinski definition) is 8. The first-order chi connectivity index (χ1) is 18.9. The van der Waals surface area contributed by atoms with E-state index in [0.717, 1.165) is 22.4 Å². The van der Waals surface area contributed by atoms with E-state index in [4.69, 9.17) is 4.74 Å². The quantitative estimate of drug-likeness (QED) is 0.0852. The lowest BCUT2D eigenvalue weighted by Gasteiger charge is -2.10. The fourth-order valence-electron chi connectivity index (χ4n) is 3.49. The summed E-state index contributed by atoms with van der Waals surface area (Å²) in [4.78, 5) is 22.9. The van der Waals surface area contributed by atoms with Gasteiger partial charge in [0.2, 0.25) is 0 Å². The molecule has 4 aromatic rings. The second-order valence-corrected chi connectivity index (χ2v) is 9.52. The predicted octanol–water partition coefficient (Wildman–Crippen LogP) is 5.25. The summed E-state index contributed by atoms with van der Waals surface area (Å²) < 4.78 is 7.61. The number of nitrogens with one attached hydrogen (secondary N) is 1. The Bertz CT molecular complexity index is 1470.